The first-order valence-electron chi connectivity index (χ1n) is 7.52. The molecule has 1 heterocycles. The van der Waals surface area contributed by atoms with Gasteiger partial charge in [0.05, 0.1) is 0 Å². The maximum absolute atomic E-state index is 5.81. The summed E-state index contributed by atoms with van der Waals surface area (Å²) in [4.78, 5) is 2.63. The van der Waals surface area contributed by atoms with Gasteiger partial charge in [0.25, 0.3) is 0 Å². The van der Waals surface area contributed by atoms with Crippen LogP contribution in [0.1, 0.15) is 44.2 Å². The molecule has 1 aliphatic heterocycles. The number of para-hydroxylation sites is 1. The molecule has 2 heteroatoms. The van der Waals surface area contributed by atoms with Crippen molar-refractivity contribution in [2.24, 2.45) is 11.7 Å². The van der Waals surface area contributed by atoms with Crippen molar-refractivity contribution in [2.75, 3.05) is 18.0 Å². The topological polar surface area (TPSA) is 29.3 Å². The number of nitrogens with two attached hydrogens (primary N) is 1. The lowest BCUT2D eigenvalue weighted by atomic mass is 9.76. The highest BCUT2D eigenvalue weighted by atomic mass is 15.2. The van der Waals surface area contributed by atoms with Gasteiger partial charge in [0, 0.05) is 17.8 Å². The van der Waals surface area contributed by atoms with Crippen LogP contribution in [0, 0.1) is 19.8 Å². The maximum atomic E-state index is 5.81. The van der Waals surface area contributed by atoms with Crippen molar-refractivity contribution in [3.05, 3.63) is 29.3 Å². The van der Waals surface area contributed by atoms with Crippen LogP contribution < -0.4 is 10.6 Å². The van der Waals surface area contributed by atoms with Crippen LogP contribution in [0.2, 0.25) is 0 Å². The van der Waals surface area contributed by atoms with Crippen LogP contribution in [0.4, 0.5) is 5.69 Å². The third kappa shape index (κ3) is 2.64. The second-order valence-corrected chi connectivity index (χ2v) is 6.46. The monoisotopic (exact) mass is 260 g/mol. The van der Waals surface area contributed by atoms with E-state index in [1.807, 2.05) is 0 Å². The Morgan fingerprint density at radius 1 is 1.26 bits per heavy atom. The molecular formula is C17H28N2. The molecule has 1 atom stereocenters. The highest BCUT2D eigenvalue weighted by Crippen LogP contribution is 2.40. The molecule has 19 heavy (non-hydrogen) atoms. The minimum Gasteiger partial charge on any atom is -0.366 e. The van der Waals surface area contributed by atoms with Crippen molar-refractivity contribution in [3.8, 4) is 0 Å². The standard InChI is InChI=1S/C17H28N2/c1-13-7-5-8-14(2)16(13)19-12-6-9-15(10-11-18)17(19,3)4/h5,7-8,15H,6,9-12,18H2,1-4H3. The van der Waals surface area contributed by atoms with Gasteiger partial charge < -0.3 is 10.6 Å². The number of rotatable bonds is 3. The average molecular weight is 260 g/mol. The van der Waals surface area contributed by atoms with Gasteiger partial charge in [-0.15, -0.1) is 0 Å². The van der Waals surface area contributed by atoms with E-state index in [4.69, 9.17) is 5.73 Å². The summed E-state index contributed by atoms with van der Waals surface area (Å²) in [6.45, 7) is 11.2. The Bertz CT molecular complexity index is 415. The molecule has 0 saturated carbocycles. The summed E-state index contributed by atoms with van der Waals surface area (Å²) in [5, 5.41) is 0. The summed E-state index contributed by atoms with van der Waals surface area (Å²) in [5.41, 5.74) is 10.2. The summed E-state index contributed by atoms with van der Waals surface area (Å²) >= 11 is 0. The number of hydrogen-bond acceptors (Lipinski definition) is 2. The number of nitrogens with zero attached hydrogens (tertiary/aromatic N) is 1. The summed E-state index contributed by atoms with van der Waals surface area (Å²) < 4.78 is 0. The second-order valence-electron chi connectivity index (χ2n) is 6.46. The molecule has 0 spiro atoms. The zero-order valence-electron chi connectivity index (χ0n) is 12.9. The van der Waals surface area contributed by atoms with E-state index in [1.165, 1.54) is 36.2 Å². The zero-order valence-corrected chi connectivity index (χ0v) is 12.9. The SMILES string of the molecule is Cc1cccc(C)c1N1CCCC(CCN)C1(C)C. The number of hydrogen-bond donors (Lipinski definition) is 1. The highest BCUT2D eigenvalue weighted by molar-refractivity contribution is 5.60. The van der Waals surface area contributed by atoms with Gasteiger partial charge in [-0.25, -0.2) is 0 Å². The molecule has 2 rings (SSSR count). The molecule has 1 aromatic rings. The van der Waals surface area contributed by atoms with Crippen molar-refractivity contribution in [2.45, 2.75) is 52.5 Å². The van der Waals surface area contributed by atoms with Gasteiger partial charge in [-0.05, 0) is 70.5 Å². The number of aryl methyl sites for hydroxylation is 2. The second kappa shape index (κ2) is 5.54. The lowest BCUT2D eigenvalue weighted by Gasteiger charge is -2.50. The quantitative estimate of drug-likeness (QED) is 0.899. The summed E-state index contributed by atoms with van der Waals surface area (Å²) in [7, 11) is 0. The zero-order chi connectivity index (χ0) is 14.0. The third-order valence-electron chi connectivity index (χ3n) is 4.85. The van der Waals surface area contributed by atoms with Gasteiger partial charge in [0.15, 0.2) is 0 Å². The lowest BCUT2D eigenvalue weighted by molar-refractivity contribution is 0.227. The van der Waals surface area contributed by atoms with E-state index in [0.29, 0.717) is 5.92 Å². The van der Waals surface area contributed by atoms with E-state index in [1.54, 1.807) is 0 Å². The molecule has 2 N–H and O–H groups in total. The summed E-state index contributed by atoms with van der Waals surface area (Å²) in [5.74, 6) is 0.699. The molecule has 0 aliphatic carbocycles. The van der Waals surface area contributed by atoms with Gasteiger partial charge in [-0.1, -0.05) is 18.2 Å². The molecule has 0 aromatic heterocycles. The largest absolute Gasteiger partial charge is 0.366 e. The summed E-state index contributed by atoms with van der Waals surface area (Å²) in [6, 6.07) is 6.61. The minimum absolute atomic E-state index is 0.203. The smallest absolute Gasteiger partial charge is 0.0430 e. The molecule has 0 radical (unpaired) electrons. The van der Waals surface area contributed by atoms with E-state index >= 15 is 0 Å². The Labute approximate surface area is 118 Å². The highest BCUT2D eigenvalue weighted by Gasteiger charge is 2.38. The normalized spacial score (nSPS) is 22.6. The number of piperidine rings is 1. The fourth-order valence-electron chi connectivity index (χ4n) is 3.69. The van der Waals surface area contributed by atoms with Gasteiger partial charge in [0.2, 0.25) is 0 Å². The third-order valence-corrected chi connectivity index (χ3v) is 4.85. The van der Waals surface area contributed by atoms with E-state index in [2.05, 4.69) is 50.8 Å². The summed E-state index contributed by atoms with van der Waals surface area (Å²) in [6.07, 6.45) is 3.72. The molecule has 0 amide bonds. The van der Waals surface area contributed by atoms with Crippen LogP contribution in [0.5, 0.6) is 0 Å². The molecule has 1 fully saturated rings. The molecule has 1 aromatic carbocycles. The molecule has 0 bridgehead atoms. The van der Waals surface area contributed by atoms with Crippen molar-refractivity contribution < 1.29 is 0 Å². The fourth-order valence-corrected chi connectivity index (χ4v) is 3.69. The van der Waals surface area contributed by atoms with E-state index in [9.17, 15) is 0 Å². The fraction of sp³-hybridized carbons (Fsp3) is 0.647. The molecule has 1 unspecified atom stereocenters. The van der Waals surface area contributed by atoms with Crippen LogP contribution >= 0.6 is 0 Å². The van der Waals surface area contributed by atoms with E-state index < -0.39 is 0 Å². The van der Waals surface area contributed by atoms with Crippen LogP contribution in [0.25, 0.3) is 0 Å². The van der Waals surface area contributed by atoms with E-state index in [0.717, 1.165) is 13.0 Å². The van der Waals surface area contributed by atoms with Crippen LogP contribution in [0.3, 0.4) is 0 Å². The van der Waals surface area contributed by atoms with Crippen molar-refractivity contribution in [3.63, 3.8) is 0 Å². The first-order chi connectivity index (χ1) is 8.98. The lowest BCUT2D eigenvalue weighted by Crippen LogP contribution is -2.54. The molecule has 2 nitrogen and oxygen atoms in total. The Kier molecular flexibility index (Phi) is 4.19. The van der Waals surface area contributed by atoms with E-state index in [-0.39, 0.29) is 5.54 Å². The molecular weight excluding hydrogens is 232 g/mol. The Morgan fingerprint density at radius 3 is 2.47 bits per heavy atom. The molecule has 106 valence electrons. The minimum atomic E-state index is 0.203. The van der Waals surface area contributed by atoms with Crippen LogP contribution in [0.15, 0.2) is 18.2 Å². The van der Waals surface area contributed by atoms with Crippen molar-refractivity contribution >= 4 is 5.69 Å². The number of anilines is 1. The van der Waals surface area contributed by atoms with Crippen molar-refractivity contribution in [1.82, 2.24) is 0 Å². The van der Waals surface area contributed by atoms with Crippen molar-refractivity contribution in [1.29, 1.82) is 0 Å². The predicted molar refractivity (Wildman–Crippen MR) is 83.7 cm³/mol. The van der Waals surface area contributed by atoms with Crippen LogP contribution in [-0.2, 0) is 0 Å². The Morgan fingerprint density at radius 2 is 1.89 bits per heavy atom. The first-order valence-corrected chi connectivity index (χ1v) is 7.52. The average Bonchev–Trinajstić information content (AvgIpc) is 2.33. The van der Waals surface area contributed by atoms with Gasteiger partial charge in [-0.2, -0.15) is 0 Å². The maximum Gasteiger partial charge on any atom is 0.0430 e. The predicted octanol–water partition coefficient (Wildman–Crippen LogP) is 3.65. The van der Waals surface area contributed by atoms with Gasteiger partial charge in [-0.3, -0.25) is 0 Å². The molecule has 1 saturated heterocycles. The first kappa shape index (κ1) is 14.4. The van der Waals surface area contributed by atoms with Gasteiger partial charge in [0.1, 0.15) is 0 Å². The Balaban J connectivity index is 2.38. The van der Waals surface area contributed by atoms with Crippen LogP contribution in [-0.4, -0.2) is 18.6 Å². The van der Waals surface area contributed by atoms with Gasteiger partial charge >= 0.3 is 0 Å². The molecule has 1 aliphatic rings. The Hall–Kier alpha value is -1.02. The number of benzene rings is 1.